The molecule has 0 fully saturated rings. The molecule has 0 saturated carbocycles. The van der Waals surface area contributed by atoms with Crippen molar-refractivity contribution < 1.29 is 0 Å². The maximum Gasteiger partial charge on any atom is 0.0452 e. The third-order valence-electron chi connectivity index (χ3n) is 2.58. The van der Waals surface area contributed by atoms with Crippen molar-refractivity contribution >= 4 is 34.8 Å². The highest BCUT2D eigenvalue weighted by Gasteiger charge is 2.05. The van der Waals surface area contributed by atoms with Gasteiger partial charge in [0.05, 0.1) is 0 Å². The number of benzene rings is 1. The molecule has 0 aliphatic rings. The molecule has 1 aromatic carbocycles. The van der Waals surface area contributed by atoms with Crippen LogP contribution < -0.4 is 0 Å². The van der Waals surface area contributed by atoms with Crippen LogP contribution in [0, 0.1) is 0 Å². The minimum absolute atomic E-state index is 0.302. The number of aryl methyl sites for hydroxylation is 1. The summed E-state index contributed by atoms with van der Waals surface area (Å²) in [7, 11) is 0. The first-order chi connectivity index (χ1) is 7.63. The van der Waals surface area contributed by atoms with E-state index >= 15 is 0 Å². The molecule has 0 saturated heterocycles. The van der Waals surface area contributed by atoms with E-state index in [9.17, 15) is 0 Å². The largest absolute Gasteiger partial charge is 0.123 e. The minimum Gasteiger partial charge on any atom is -0.123 e. The molecule has 1 aromatic rings. The van der Waals surface area contributed by atoms with Crippen molar-refractivity contribution in [2.75, 3.05) is 0 Å². The fourth-order valence-corrected chi connectivity index (χ4v) is 2.57. The zero-order chi connectivity index (χ0) is 12.0. The van der Waals surface area contributed by atoms with Crippen molar-refractivity contribution in [1.29, 1.82) is 0 Å². The second-order valence-corrected chi connectivity index (χ2v) is 5.47. The SMILES string of the molecule is CCCC(Cl)CCCc1ccc(Cl)cc1Cl. The van der Waals surface area contributed by atoms with E-state index in [-0.39, 0.29) is 0 Å². The van der Waals surface area contributed by atoms with Gasteiger partial charge in [0.1, 0.15) is 0 Å². The first kappa shape index (κ1) is 14.2. The Hall–Kier alpha value is 0.0900. The Morgan fingerprint density at radius 3 is 2.56 bits per heavy atom. The van der Waals surface area contributed by atoms with Crippen LogP contribution in [0.25, 0.3) is 0 Å². The highest BCUT2D eigenvalue weighted by atomic mass is 35.5. The minimum atomic E-state index is 0.302. The van der Waals surface area contributed by atoms with Crippen LogP contribution in [0.3, 0.4) is 0 Å². The Morgan fingerprint density at radius 1 is 1.19 bits per heavy atom. The van der Waals surface area contributed by atoms with Crippen LogP contribution in [-0.4, -0.2) is 5.38 Å². The third-order valence-corrected chi connectivity index (χ3v) is 3.60. The molecule has 16 heavy (non-hydrogen) atoms. The molecule has 0 heterocycles. The van der Waals surface area contributed by atoms with Crippen molar-refractivity contribution in [3.8, 4) is 0 Å². The molecular weight excluding hydrogens is 263 g/mol. The van der Waals surface area contributed by atoms with E-state index in [0.717, 1.165) is 42.7 Å². The van der Waals surface area contributed by atoms with Crippen LogP contribution in [0.1, 0.15) is 38.2 Å². The zero-order valence-corrected chi connectivity index (χ0v) is 11.7. The molecule has 1 atom stereocenters. The van der Waals surface area contributed by atoms with Crippen molar-refractivity contribution in [1.82, 2.24) is 0 Å². The fraction of sp³-hybridized carbons (Fsp3) is 0.538. The van der Waals surface area contributed by atoms with E-state index in [4.69, 9.17) is 34.8 Å². The predicted octanol–water partition coefficient (Wildman–Crippen LogP) is 5.72. The number of rotatable bonds is 6. The summed E-state index contributed by atoms with van der Waals surface area (Å²) in [4.78, 5) is 0. The molecular formula is C13H17Cl3. The van der Waals surface area contributed by atoms with Gasteiger partial charge in [-0.15, -0.1) is 11.6 Å². The van der Waals surface area contributed by atoms with E-state index in [0.29, 0.717) is 10.4 Å². The summed E-state index contributed by atoms with van der Waals surface area (Å²) in [5, 5.41) is 1.75. The lowest BCUT2D eigenvalue weighted by molar-refractivity contribution is 0.640. The van der Waals surface area contributed by atoms with Crippen LogP contribution in [-0.2, 0) is 6.42 Å². The zero-order valence-electron chi connectivity index (χ0n) is 9.48. The number of hydrogen-bond donors (Lipinski definition) is 0. The van der Waals surface area contributed by atoms with Gasteiger partial charge in [-0.05, 0) is 43.4 Å². The van der Waals surface area contributed by atoms with E-state index < -0.39 is 0 Å². The summed E-state index contributed by atoms with van der Waals surface area (Å²) in [5.74, 6) is 0. The average molecular weight is 280 g/mol. The second kappa shape index (κ2) is 7.42. The molecule has 0 radical (unpaired) electrons. The monoisotopic (exact) mass is 278 g/mol. The molecule has 0 bridgehead atoms. The van der Waals surface area contributed by atoms with Crippen LogP contribution in [0.5, 0.6) is 0 Å². The quantitative estimate of drug-likeness (QED) is 0.584. The predicted molar refractivity (Wildman–Crippen MR) is 73.9 cm³/mol. The fourth-order valence-electron chi connectivity index (χ4n) is 1.70. The Morgan fingerprint density at radius 2 is 1.94 bits per heavy atom. The van der Waals surface area contributed by atoms with Gasteiger partial charge in [-0.2, -0.15) is 0 Å². The van der Waals surface area contributed by atoms with Gasteiger partial charge in [-0.3, -0.25) is 0 Å². The van der Waals surface area contributed by atoms with E-state index in [1.165, 1.54) is 0 Å². The molecule has 90 valence electrons. The van der Waals surface area contributed by atoms with Crippen molar-refractivity contribution in [2.45, 2.75) is 44.4 Å². The summed E-state index contributed by atoms with van der Waals surface area (Å²) < 4.78 is 0. The molecule has 3 heteroatoms. The standard InChI is InChI=1S/C13H17Cl3/c1-2-4-11(14)6-3-5-10-7-8-12(15)9-13(10)16/h7-9,11H,2-6H2,1H3. The lowest BCUT2D eigenvalue weighted by Gasteiger charge is -2.08. The van der Waals surface area contributed by atoms with E-state index in [1.807, 2.05) is 12.1 Å². The Bertz CT molecular complexity index is 323. The van der Waals surface area contributed by atoms with Crippen LogP contribution in [0.2, 0.25) is 10.0 Å². The maximum atomic E-state index is 6.16. The number of alkyl halides is 1. The molecule has 1 rings (SSSR count). The van der Waals surface area contributed by atoms with Gasteiger partial charge in [0.2, 0.25) is 0 Å². The highest BCUT2D eigenvalue weighted by Crippen LogP contribution is 2.23. The summed E-state index contributed by atoms with van der Waals surface area (Å²) >= 11 is 18.1. The van der Waals surface area contributed by atoms with E-state index in [1.54, 1.807) is 6.07 Å². The number of halogens is 3. The lowest BCUT2D eigenvalue weighted by atomic mass is 10.1. The van der Waals surface area contributed by atoms with Crippen molar-refractivity contribution in [2.24, 2.45) is 0 Å². The van der Waals surface area contributed by atoms with Gasteiger partial charge in [0.15, 0.2) is 0 Å². The molecule has 0 aliphatic heterocycles. The van der Waals surface area contributed by atoms with Crippen molar-refractivity contribution in [3.05, 3.63) is 33.8 Å². The smallest absolute Gasteiger partial charge is 0.0452 e. The number of hydrogen-bond acceptors (Lipinski definition) is 0. The van der Waals surface area contributed by atoms with E-state index in [2.05, 4.69) is 6.92 Å². The highest BCUT2D eigenvalue weighted by molar-refractivity contribution is 6.35. The van der Waals surface area contributed by atoms with Crippen molar-refractivity contribution in [3.63, 3.8) is 0 Å². The van der Waals surface area contributed by atoms with Gasteiger partial charge in [0.25, 0.3) is 0 Å². The van der Waals surface area contributed by atoms with Gasteiger partial charge in [-0.1, -0.05) is 42.6 Å². The Labute approximate surface area is 113 Å². The van der Waals surface area contributed by atoms with Crippen LogP contribution in [0.4, 0.5) is 0 Å². The maximum absolute atomic E-state index is 6.16. The molecule has 0 nitrogen and oxygen atoms in total. The molecule has 0 amide bonds. The van der Waals surface area contributed by atoms with Crippen LogP contribution >= 0.6 is 34.8 Å². The summed E-state index contributed by atoms with van der Waals surface area (Å²) in [6.07, 6.45) is 5.35. The first-order valence-electron chi connectivity index (χ1n) is 5.71. The Kier molecular flexibility index (Phi) is 6.57. The second-order valence-electron chi connectivity index (χ2n) is 4.01. The first-order valence-corrected chi connectivity index (χ1v) is 6.90. The summed E-state index contributed by atoms with van der Waals surface area (Å²) in [5.41, 5.74) is 1.16. The third kappa shape index (κ3) is 4.95. The molecule has 0 spiro atoms. The summed E-state index contributed by atoms with van der Waals surface area (Å²) in [6, 6.07) is 5.67. The van der Waals surface area contributed by atoms with Crippen LogP contribution in [0.15, 0.2) is 18.2 Å². The summed E-state index contributed by atoms with van der Waals surface area (Å²) in [6.45, 7) is 2.16. The average Bonchev–Trinajstić information content (AvgIpc) is 2.22. The Balaban J connectivity index is 2.37. The lowest BCUT2D eigenvalue weighted by Crippen LogP contribution is -1.99. The normalized spacial score (nSPS) is 12.8. The molecule has 0 aromatic heterocycles. The van der Waals surface area contributed by atoms with Gasteiger partial charge in [0, 0.05) is 15.4 Å². The molecule has 0 aliphatic carbocycles. The van der Waals surface area contributed by atoms with Gasteiger partial charge >= 0.3 is 0 Å². The topological polar surface area (TPSA) is 0 Å². The molecule has 0 N–H and O–H groups in total. The van der Waals surface area contributed by atoms with Gasteiger partial charge in [-0.25, -0.2) is 0 Å². The molecule has 1 unspecified atom stereocenters. The van der Waals surface area contributed by atoms with Gasteiger partial charge < -0.3 is 0 Å².